The van der Waals surface area contributed by atoms with E-state index >= 15 is 0 Å². The molecule has 0 amide bonds. The van der Waals surface area contributed by atoms with Crippen molar-refractivity contribution < 1.29 is 0 Å². The normalized spacial score (nSPS) is 18.0. The SMILES string of the molecule is CSC1(CNCc2ccn(C(C)C)n2)CC1. The topological polar surface area (TPSA) is 29.9 Å². The Morgan fingerprint density at radius 3 is 2.81 bits per heavy atom. The van der Waals surface area contributed by atoms with Crippen LogP contribution in [0.1, 0.15) is 38.4 Å². The van der Waals surface area contributed by atoms with Crippen LogP contribution in [0, 0.1) is 0 Å². The fraction of sp³-hybridized carbons (Fsp3) is 0.750. The van der Waals surface area contributed by atoms with Gasteiger partial charge in [0, 0.05) is 30.1 Å². The molecule has 1 aromatic heterocycles. The Bertz CT molecular complexity index is 342. The lowest BCUT2D eigenvalue weighted by atomic mass is 10.4. The second kappa shape index (κ2) is 4.80. The molecule has 4 heteroatoms. The monoisotopic (exact) mass is 239 g/mol. The highest BCUT2D eigenvalue weighted by Crippen LogP contribution is 2.46. The summed E-state index contributed by atoms with van der Waals surface area (Å²) in [6, 6.07) is 2.56. The minimum absolute atomic E-state index is 0.453. The molecule has 16 heavy (non-hydrogen) atoms. The van der Waals surface area contributed by atoms with E-state index in [0.29, 0.717) is 10.8 Å². The van der Waals surface area contributed by atoms with Gasteiger partial charge in [-0.2, -0.15) is 16.9 Å². The van der Waals surface area contributed by atoms with Gasteiger partial charge in [-0.1, -0.05) is 0 Å². The summed E-state index contributed by atoms with van der Waals surface area (Å²) in [5.74, 6) is 0. The maximum atomic E-state index is 4.52. The van der Waals surface area contributed by atoms with Crippen LogP contribution in [-0.2, 0) is 6.54 Å². The second-order valence-corrected chi connectivity index (χ2v) is 6.15. The summed E-state index contributed by atoms with van der Waals surface area (Å²) >= 11 is 2.00. The second-order valence-electron chi connectivity index (χ2n) is 4.87. The zero-order valence-electron chi connectivity index (χ0n) is 10.4. The molecule has 0 saturated heterocycles. The number of nitrogens with one attached hydrogen (secondary N) is 1. The van der Waals surface area contributed by atoms with Crippen LogP contribution in [-0.4, -0.2) is 27.3 Å². The molecule has 90 valence electrons. The van der Waals surface area contributed by atoms with Crippen molar-refractivity contribution in [3.8, 4) is 0 Å². The van der Waals surface area contributed by atoms with Crippen molar-refractivity contribution >= 4 is 11.8 Å². The predicted octanol–water partition coefficient (Wildman–Crippen LogP) is 2.45. The summed E-state index contributed by atoms with van der Waals surface area (Å²) in [6.07, 6.45) is 6.99. The molecule has 1 fully saturated rings. The van der Waals surface area contributed by atoms with E-state index in [0.717, 1.165) is 18.8 Å². The third kappa shape index (κ3) is 2.80. The van der Waals surface area contributed by atoms with Crippen LogP contribution >= 0.6 is 11.8 Å². The Labute approximate surface area is 102 Å². The van der Waals surface area contributed by atoms with E-state index < -0.39 is 0 Å². The lowest BCUT2D eigenvalue weighted by Crippen LogP contribution is -2.25. The summed E-state index contributed by atoms with van der Waals surface area (Å²) in [5.41, 5.74) is 1.14. The molecular formula is C12H21N3S. The molecule has 0 spiro atoms. The quantitative estimate of drug-likeness (QED) is 0.827. The van der Waals surface area contributed by atoms with Crippen molar-refractivity contribution in [2.45, 2.75) is 44.0 Å². The number of hydrogen-bond acceptors (Lipinski definition) is 3. The van der Waals surface area contributed by atoms with Gasteiger partial charge in [-0.25, -0.2) is 0 Å². The van der Waals surface area contributed by atoms with Gasteiger partial charge in [-0.3, -0.25) is 4.68 Å². The van der Waals surface area contributed by atoms with Gasteiger partial charge in [0.25, 0.3) is 0 Å². The molecule has 1 N–H and O–H groups in total. The van der Waals surface area contributed by atoms with E-state index in [1.54, 1.807) is 0 Å². The molecule has 0 aliphatic heterocycles. The molecule has 0 aromatic carbocycles. The Balaban J connectivity index is 1.77. The smallest absolute Gasteiger partial charge is 0.0762 e. The molecular weight excluding hydrogens is 218 g/mol. The summed E-state index contributed by atoms with van der Waals surface area (Å²) in [6.45, 7) is 6.30. The maximum Gasteiger partial charge on any atom is 0.0762 e. The fourth-order valence-corrected chi connectivity index (χ4v) is 2.53. The molecule has 1 aliphatic rings. The Morgan fingerprint density at radius 1 is 1.56 bits per heavy atom. The lowest BCUT2D eigenvalue weighted by molar-refractivity contribution is 0.521. The predicted molar refractivity (Wildman–Crippen MR) is 69.8 cm³/mol. The van der Waals surface area contributed by atoms with Crippen molar-refractivity contribution in [1.29, 1.82) is 0 Å². The van der Waals surface area contributed by atoms with Crippen LogP contribution in [0.15, 0.2) is 12.3 Å². The molecule has 2 rings (SSSR count). The van der Waals surface area contributed by atoms with Gasteiger partial charge in [0.05, 0.1) is 5.69 Å². The van der Waals surface area contributed by atoms with Crippen molar-refractivity contribution in [2.24, 2.45) is 0 Å². The van der Waals surface area contributed by atoms with Crippen LogP contribution in [0.4, 0.5) is 0 Å². The largest absolute Gasteiger partial charge is 0.310 e. The van der Waals surface area contributed by atoms with Gasteiger partial charge in [-0.05, 0) is 39.0 Å². The van der Waals surface area contributed by atoms with Gasteiger partial charge in [-0.15, -0.1) is 0 Å². The summed E-state index contributed by atoms with van der Waals surface area (Å²) in [5, 5.41) is 8.03. The molecule has 3 nitrogen and oxygen atoms in total. The third-order valence-corrected chi connectivity index (χ3v) is 4.61. The first-order valence-electron chi connectivity index (χ1n) is 5.95. The Kier molecular flexibility index (Phi) is 3.60. The van der Waals surface area contributed by atoms with Crippen LogP contribution in [0.25, 0.3) is 0 Å². The van der Waals surface area contributed by atoms with Gasteiger partial charge >= 0.3 is 0 Å². The van der Waals surface area contributed by atoms with Crippen LogP contribution in [0.3, 0.4) is 0 Å². The minimum Gasteiger partial charge on any atom is -0.310 e. The molecule has 1 aliphatic carbocycles. The summed E-state index contributed by atoms with van der Waals surface area (Å²) < 4.78 is 2.55. The molecule has 0 bridgehead atoms. The van der Waals surface area contributed by atoms with Crippen molar-refractivity contribution in [3.05, 3.63) is 18.0 Å². The lowest BCUT2D eigenvalue weighted by Gasteiger charge is -2.12. The van der Waals surface area contributed by atoms with E-state index in [4.69, 9.17) is 0 Å². The minimum atomic E-state index is 0.453. The summed E-state index contributed by atoms with van der Waals surface area (Å²) in [7, 11) is 0. The van der Waals surface area contributed by atoms with Gasteiger partial charge in [0.15, 0.2) is 0 Å². The number of thioether (sulfide) groups is 1. The maximum absolute atomic E-state index is 4.52. The average Bonchev–Trinajstić information content (AvgIpc) is 2.88. The standard InChI is InChI=1S/C12H21N3S/c1-10(2)15-7-4-11(14-15)8-13-9-12(16-3)5-6-12/h4,7,10,13H,5-6,8-9H2,1-3H3. The van der Waals surface area contributed by atoms with Gasteiger partial charge in [0.2, 0.25) is 0 Å². The summed E-state index contributed by atoms with van der Waals surface area (Å²) in [4.78, 5) is 0. The first-order chi connectivity index (χ1) is 7.65. The highest BCUT2D eigenvalue weighted by molar-refractivity contribution is 8.00. The third-order valence-electron chi connectivity index (χ3n) is 3.19. The zero-order chi connectivity index (χ0) is 11.6. The fourth-order valence-electron chi connectivity index (χ4n) is 1.77. The van der Waals surface area contributed by atoms with Crippen LogP contribution in [0.5, 0.6) is 0 Å². The Morgan fingerprint density at radius 2 is 2.31 bits per heavy atom. The molecule has 1 saturated carbocycles. The van der Waals surface area contributed by atoms with Gasteiger partial charge < -0.3 is 5.32 Å². The van der Waals surface area contributed by atoms with E-state index in [1.807, 2.05) is 16.4 Å². The van der Waals surface area contributed by atoms with E-state index in [-0.39, 0.29) is 0 Å². The number of nitrogens with zero attached hydrogens (tertiary/aromatic N) is 2. The molecule has 0 atom stereocenters. The molecule has 1 aromatic rings. The van der Waals surface area contributed by atoms with Gasteiger partial charge in [0.1, 0.15) is 0 Å². The van der Waals surface area contributed by atoms with Crippen LogP contribution < -0.4 is 5.32 Å². The zero-order valence-corrected chi connectivity index (χ0v) is 11.2. The first-order valence-corrected chi connectivity index (χ1v) is 7.18. The highest BCUT2D eigenvalue weighted by Gasteiger charge is 2.41. The number of rotatable bonds is 6. The van der Waals surface area contributed by atoms with Crippen molar-refractivity contribution in [3.63, 3.8) is 0 Å². The average molecular weight is 239 g/mol. The first kappa shape index (κ1) is 12.0. The molecule has 0 unspecified atom stereocenters. The Hall–Kier alpha value is -0.480. The number of hydrogen-bond donors (Lipinski definition) is 1. The molecule has 0 radical (unpaired) electrons. The molecule has 1 heterocycles. The van der Waals surface area contributed by atoms with E-state index in [2.05, 4.69) is 42.8 Å². The highest BCUT2D eigenvalue weighted by atomic mass is 32.2. The van der Waals surface area contributed by atoms with Crippen molar-refractivity contribution in [2.75, 3.05) is 12.8 Å². The van der Waals surface area contributed by atoms with E-state index in [1.165, 1.54) is 12.8 Å². The van der Waals surface area contributed by atoms with Crippen molar-refractivity contribution in [1.82, 2.24) is 15.1 Å². The number of aromatic nitrogens is 2. The van der Waals surface area contributed by atoms with E-state index in [9.17, 15) is 0 Å². The van der Waals surface area contributed by atoms with Crippen LogP contribution in [0.2, 0.25) is 0 Å².